The smallest absolute Gasteiger partial charge is 0.191 e. The summed E-state index contributed by atoms with van der Waals surface area (Å²) in [7, 11) is 0. The molecule has 2 aromatic rings. The molecule has 3 rings (SSSR count). The quantitative estimate of drug-likeness (QED) is 0.681. The molecule has 0 radical (unpaired) electrons. The van der Waals surface area contributed by atoms with Crippen molar-refractivity contribution in [3.05, 3.63) is 6.20 Å². The van der Waals surface area contributed by atoms with Crippen molar-refractivity contribution < 1.29 is 0 Å². The molecule has 1 aliphatic rings. The van der Waals surface area contributed by atoms with Gasteiger partial charge < -0.3 is 4.90 Å². The zero-order valence-electron chi connectivity index (χ0n) is 10.5. The van der Waals surface area contributed by atoms with Crippen molar-refractivity contribution in [3.8, 4) is 0 Å². The zero-order chi connectivity index (χ0) is 12.4. The minimum Gasteiger partial charge on any atom is -0.356 e. The van der Waals surface area contributed by atoms with E-state index in [9.17, 15) is 0 Å². The van der Waals surface area contributed by atoms with Crippen LogP contribution in [-0.2, 0) is 0 Å². The number of hydrogen-bond acceptors (Lipinski definition) is 5. The second-order valence-corrected chi connectivity index (χ2v) is 5.67. The van der Waals surface area contributed by atoms with Crippen molar-refractivity contribution >= 4 is 28.6 Å². The van der Waals surface area contributed by atoms with Crippen LogP contribution in [0.3, 0.4) is 0 Å². The number of aromatic nitrogens is 4. The summed E-state index contributed by atoms with van der Waals surface area (Å²) in [4.78, 5) is 11.6. The molecule has 1 N–H and O–H groups in total. The van der Waals surface area contributed by atoms with E-state index >= 15 is 0 Å². The maximum absolute atomic E-state index is 4.70. The van der Waals surface area contributed by atoms with Crippen LogP contribution in [0, 0.1) is 0 Å². The summed E-state index contributed by atoms with van der Waals surface area (Å²) in [6, 6.07) is 0. The molecule has 2 aromatic heterocycles. The van der Waals surface area contributed by atoms with Crippen LogP contribution in [0.2, 0.25) is 0 Å². The van der Waals surface area contributed by atoms with Gasteiger partial charge in [-0.05, 0) is 25.0 Å². The fourth-order valence-electron chi connectivity index (χ4n) is 2.34. The van der Waals surface area contributed by atoms with Gasteiger partial charge in [0, 0.05) is 13.1 Å². The van der Waals surface area contributed by atoms with Gasteiger partial charge >= 0.3 is 0 Å². The molecular weight excluding hydrogens is 246 g/mol. The number of rotatable bonds is 3. The third-order valence-electron chi connectivity index (χ3n) is 3.20. The molecule has 0 saturated carbocycles. The van der Waals surface area contributed by atoms with E-state index in [-0.39, 0.29) is 0 Å². The Hall–Kier alpha value is -1.30. The molecule has 0 bridgehead atoms. The summed E-state index contributed by atoms with van der Waals surface area (Å²) in [5.74, 6) is 2.03. The Morgan fingerprint density at radius 2 is 2.11 bits per heavy atom. The number of nitrogens with one attached hydrogen (secondary N) is 1. The van der Waals surface area contributed by atoms with E-state index in [1.165, 1.54) is 19.3 Å². The number of nitrogens with zero attached hydrogens (tertiary/aromatic N) is 4. The number of fused-ring (bicyclic) bond motifs is 1. The third-order valence-corrected chi connectivity index (χ3v) is 3.93. The number of anilines is 1. The second-order valence-electron chi connectivity index (χ2n) is 4.44. The Morgan fingerprint density at radius 1 is 1.28 bits per heavy atom. The molecule has 96 valence electrons. The van der Waals surface area contributed by atoms with Crippen LogP contribution in [0.5, 0.6) is 0 Å². The van der Waals surface area contributed by atoms with E-state index in [1.807, 2.05) is 6.20 Å². The lowest BCUT2D eigenvalue weighted by Crippen LogP contribution is -2.30. The van der Waals surface area contributed by atoms with Crippen LogP contribution < -0.4 is 4.90 Å². The zero-order valence-corrected chi connectivity index (χ0v) is 11.3. The molecule has 0 aromatic carbocycles. The first-order chi connectivity index (χ1) is 8.88. The first-order valence-electron chi connectivity index (χ1n) is 6.47. The first-order valence-corrected chi connectivity index (χ1v) is 7.46. The molecule has 1 aliphatic heterocycles. The predicted molar refractivity (Wildman–Crippen MR) is 74.1 cm³/mol. The number of H-pyrrole nitrogens is 1. The Labute approximate surface area is 110 Å². The van der Waals surface area contributed by atoms with E-state index in [1.54, 1.807) is 11.8 Å². The molecule has 0 aliphatic carbocycles. The van der Waals surface area contributed by atoms with Gasteiger partial charge in [0.2, 0.25) is 0 Å². The molecule has 0 unspecified atom stereocenters. The number of piperidine rings is 1. The van der Waals surface area contributed by atoms with Gasteiger partial charge in [0.05, 0.1) is 11.6 Å². The van der Waals surface area contributed by atoms with Gasteiger partial charge in [-0.3, -0.25) is 5.10 Å². The van der Waals surface area contributed by atoms with Gasteiger partial charge in [-0.25, -0.2) is 9.97 Å². The standard InChI is InChI=1S/C12H17N5S/c1-2-18-12-14-10-9(8-13-16-10)11(15-12)17-6-4-3-5-7-17/h8H,2-7H2,1H3,(H,13,14,15,16). The molecule has 18 heavy (non-hydrogen) atoms. The molecule has 0 atom stereocenters. The molecule has 0 spiro atoms. The van der Waals surface area contributed by atoms with Crippen molar-refractivity contribution in [1.82, 2.24) is 20.2 Å². The molecule has 3 heterocycles. The molecule has 1 fully saturated rings. The summed E-state index contributed by atoms with van der Waals surface area (Å²) in [6.07, 6.45) is 5.66. The Kier molecular flexibility index (Phi) is 3.36. The highest BCUT2D eigenvalue weighted by atomic mass is 32.2. The highest BCUT2D eigenvalue weighted by Gasteiger charge is 2.17. The van der Waals surface area contributed by atoms with Crippen LogP contribution in [0.15, 0.2) is 11.4 Å². The van der Waals surface area contributed by atoms with E-state index in [0.717, 1.165) is 40.9 Å². The van der Waals surface area contributed by atoms with E-state index in [2.05, 4.69) is 27.0 Å². The van der Waals surface area contributed by atoms with Gasteiger partial charge in [0.25, 0.3) is 0 Å². The van der Waals surface area contributed by atoms with E-state index in [0.29, 0.717) is 0 Å². The molecule has 1 saturated heterocycles. The molecule has 0 amide bonds. The minimum atomic E-state index is 0.842. The van der Waals surface area contributed by atoms with Crippen LogP contribution in [0.1, 0.15) is 26.2 Å². The van der Waals surface area contributed by atoms with Crippen LogP contribution in [0.25, 0.3) is 11.0 Å². The van der Waals surface area contributed by atoms with Crippen LogP contribution in [0.4, 0.5) is 5.82 Å². The van der Waals surface area contributed by atoms with Gasteiger partial charge in [0.15, 0.2) is 10.8 Å². The molecule has 6 heteroatoms. The number of hydrogen-bond donors (Lipinski definition) is 1. The van der Waals surface area contributed by atoms with Crippen molar-refractivity contribution in [2.75, 3.05) is 23.7 Å². The van der Waals surface area contributed by atoms with Crippen LogP contribution in [-0.4, -0.2) is 39.0 Å². The lowest BCUT2D eigenvalue weighted by Gasteiger charge is -2.28. The van der Waals surface area contributed by atoms with Crippen molar-refractivity contribution in [2.24, 2.45) is 0 Å². The highest BCUT2D eigenvalue weighted by molar-refractivity contribution is 7.99. The SMILES string of the molecule is CCSc1nc(N2CCCCC2)c2cn[nH]c2n1. The lowest BCUT2D eigenvalue weighted by molar-refractivity contribution is 0.573. The Bertz CT molecular complexity index is 532. The van der Waals surface area contributed by atoms with Gasteiger partial charge in [0.1, 0.15) is 5.82 Å². The van der Waals surface area contributed by atoms with Gasteiger partial charge in [-0.1, -0.05) is 18.7 Å². The maximum Gasteiger partial charge on any atom is 0.191 e. The van der Waals surface area contributed by atoms with Crippen molar-refractivity contribution in [2.45, 2.75) is 31.3 Å². The van der Waals surface area contributed by atoms with Crippen molar-refractivity contribution in [1.29, 1.82) is 0 Å². The average Bonchev–Trinajstić information content (AvgIpc) is 2.87. The summed E-state index contributed by atoms with van der Waals surface area (Å²) >= 11 is 1.68. The summed E-state index contributed by atoms with van der Waals surface area (Å²) in [5.41, 5.74) is 0.849. The maximum atomic E-state index is 4.70. The Morgan fingerprint density at radius 3 is 2.89 bits per heavy atom. The van der Waals surface area contributed by atoms with Crippen LogP contribution >= 0.6 is 11.8 Å². The summed E-state index contributed by atoms with van der Waals surface area (Å²) in [5, 5.41) is 8.93. The fraction of sp³-hybridized carbons (Fsp3) is 0.583. The Balaban J connectivity index is 2.03. The number of aromatic amines is 1. The topological polar surface area (TPSA) is 57.7 Å². The normalized spacial score (nSPS) is 16.4. The third kappa shape index (κ3) is 2.16. The van der Waals surface area contributed by atoms with E-state index < -0.39 is 0 Å². The van der Waals surface area contributed by atoms with E-state index in [4.69, 9.17) is 4.98 Å². The van der Waals surface area contributed by atoms with Crippen molar-refractivity contribution in [3.63, 3.8) is 0 Å². The largest absolute Gasteiger partial charge is 0.356 e. The predicted octanol–water partition coefficient (Wildman–Crippen LogP) is 2.46. The number of thioether (sulfide) groups is 1. The molecular formula is C12H17N5S. The average molecular weight is 263 g/mol. The lowest BCUT2D eigenvalue weighted by atomic mass is 10.1. The molecule has 5 nitrogen and oxygen atoms in total. The summed E-state index contributed by atoms with van der Waals surface area (Å²) in [6.45, 7) is 4.30. The first kappa shape index (κ1) is 11.8. The van der Waals surface area contributed by atoms with Gasteiger partial charge in [-0.15, -0.1) is 0 Å². The second kappa shape index (κ2) is 5.14. The minimum absolute atomic E-state index is 0.842. The monoisotopic (exact) mass is 263 g/mol. The highest BCUT2D eigenvalue weighted by Crippen LogP contribution is 2.27. The fourth-order valence-corrected chi connectivity index (χ4v) is 2.91. The summed E-state index contributed by atoms with van der Waals surface area (Å²) < 4.78 is 0. The van der Waals surface area contributed by atoms with Gasteiger partial charge in [-0.2, -0.15) is 5.10 Å².